The number of unbranched alkanes of at least 4 members (excludes halogenated alkanes) is 4. The zero-order chi connectivity index (χ0) is 14.7. The Morgan fingerprint density at radius 2 is 2.05 bits per heavy atom. The van der Waals surface area contributed by atoms with Gasteiger partial charge in [0.15, 0.2) is 7.85 Å². The first-order valence-electron chi connectivity index (χ1n) is 7.00. The molecule has 0 heterocycles. The molecule has 0 radical (unpaired) electrons. The van der Waals surface area contributed by atoms with Gasteiger partial charge in [-0.25, -0.2) is 0 Å². The molecule has 0 aromatic carbocycles. The molecule has 0 saturated carbocycles. The van der Waals surface area contributed by atoms with E-state index in [9.17, 15) is 4.79 Å². The summed E-state index contributed by atoms with van der Waals surface area (Å²) in [5, 5.41) is 0. The second-order valence-corrected chi connectivity index (χ2v) is 7.21. The Morgan fingerprint density at radius 1 is 1.42 bits per heavy atom. The third-order valence-corrected chi connectivity index (χ3v) is 3.60. The zero-order valence-corrected chi connectivity index (χ0v) is 14.5. The van der Waals surface area contributed by atoms with E-state index in [0.29, 0.717) is 6.54 Å². The van der Waals surface area contributed by atoms with Gasteiger partial charge in [0, 0.05) is 6.54 Å². The van der Waals surface area contributed by atoms with Gasteiger partial charge in [-0.1, -0.05) is 32.6 Å². The van der Waals surface area contributed by atoms with Gasteiger partial charge in [-0.2, -0.15) is 0 Å². The van der Waals surface area contributed by atoms with Crippen LogP contribution in [0.5, 0.6) is 0 Å². The number of hydrazine groups is 1. The first kappa shape index (κ1) is 19.1. The summed E-state index contributed by atoms with van der Waals surface area (Å²) in [4.78, 5) is 11.8. The molecule has 0 aliphatic heterocycles. The number of halogens is 1. The highest BCUT2D eigenvalue weighted by molar-refractivity contribution is 14.1. The number of nitrogens with one attached hydrogen (secondary N) is 2. The molecule has 0 aliphatic carbocycles. The zero-order valence-electron chi connectivity index (χ0n) is 12.3. The highest BCUT2D eigenvalue weighted by Gasteiger charge is 2.27. The van der Waals surface area contributed by atoms with E-state index in [1.165, 1.54) is 25.7 Å². The summed E-state index contributed by atoms with van der Waals surface area (Å²) in [7, 11) is 3.67. The first-order chi connectivity index (χ1) is 8.93. The molecule has 0 aromatic heterocycles. The Hall–Kier alpha value is 0.145. The van der Waals surface area contributed by atoms with Gasteiger partial charge in [0.2, 0.25) is 0 Å². The van der Waals surface area contributed by atoms with Crippen LogP contribution in [0.3, 0.4) is 0 Å². The lowest BCUT2D eigenvalue weighted by Crippen LogP contribution is -2.47. The summed E-state index contributed by atoms with van der Waals surface area (Å²) in [6.45, 7) is 2.56. The molecule has 0 amide bonds. The maximum atomic E-state index is 11.8. The smallest absolute Gasteiger partial charge is 0.324 e. The van der Waals surface area contributed by atoms with Gasteiger partial charge in [0.05, 0.1) is 0 Å². The van der Waals surface area contributed by atoms with Crippen molar-refractivity contribution in [3.63, 3.8) is 0 Å². The van der Waals surface area contributed by atoms with Crippen LogP contribution < -0.4 is 16.6 Å². The van der Waals surface area contributed by atoms with Crippen molar-refractivity contribution in [3.05, 3.63) is 0 Å². The minimum Gasteiger partial charge on any atom is -0.457 e. The number of carbonyl (C=O) groups excluding carboxylic acids is 1. The molecule has 0 bridgehead atoms. The van der Waals surface area contributed by atoms with E-state index in [1.807, 2.05) is 7.85 Å². The number of esters is 1. The fourth-order valence-electron chi connectivity index (χ4n) is 1.68. The summed E-state index contributed by atoms with van der Waals surface area (Å²) in [5.74, 6) is -0.354. The molecule has 0 spiro atoms. The van der Waals surface area contributed by atoms with Crippen molar-refractivity contribution >= 4 is 36.4 Å². The Labute approximate surface area is 131 Å². The summed E-state index contributed by atoms with van der Waals surface area (Å²) in [6, 6.07) is -0.637. The number of rotatable bonds is 11. The van der Waals surface area contributed by atoms with Gasteiger partial charge < -0.3 is 10.5 Å². The Balaban J connectivity index is 3.89. The van der Waals surface area contributed by atoms with Crippen molar-refractivity contribution in [3.8, 4) is 0 Å². The van der Waals surface area contributed by atoms with Crippen molar-refractivity contribution in [1.82, 2.24) is 10.9 Å². The number of hydrogen-bond donors (Lipinski definition) is 3. The number of ether oxygens (including phenoxy) is 1. The summed E-state index contributed by atoms with van der Waals surface area (Å²) < 4.78 is 5.00. The van der Waals surface area contributed by atoms with Crippen LogP contribution in [0.15, 0.2) is 0 Å². The van der Waals surface area contributed by atoms with Crippen molar-refractivity contribution < 1.29 is 9.53 Å². The number of hydrogen-bond acceptors (Lipinski definition) is 5. The molecule has 0 aliphatic rings. The van der Waals surface area contributed by atoms with Gasteiger partial charge in [0.25, 0.3) is 0 Å². The molecule has 0 rings (SSSR count). The Kier molecular flexibility index (Phi) is 11.0. The second-order valence-electron chi connectivity index (χ2n) is 4.92. The molecule has 19 heavy (non-hydrogen) atoms. The average Bonchev–Trinajstić information content (AvgIpc) is 2.34. The van der Waals surface area contributed by atoms with E-state index in [4.69, 9.17) is 10.5 Å². The number of alkyl halides is 1. The molecule has 0 aromatic rings. The van der Waals surface area contributed by atoms with Crippen molar-refractivity contribution in [2.45, 2.75) is 55.0 Å². The molecule has 0 fully saturated rings. The van der Waals surface area contributed by atoms with Crippen LogP contribution in [0.25, 0.3) is 0 Å². The predicted molar refractivity (Wildman–Crippen MR) is 89.8 cm³/mol. The van der Waals surface area contributed by atoms with Crippen molar-refractivity contribution in [2.75, 3.05) is 13.6 Å². The average molecular weight is 383 g/mol. The van der Waals surface area contributed by atoms with E-state index in [-0.39, 0.29) is 5.97 Å². The molecule has 112 valence electrons. The maximum Gasteiger partial charge on any atom is 0.324 e. The number of nitrogens with two attached hydrogens (primary N) is 1. The Morgan fingerprint density at radius 3 is 2.63 bits per heavy atom. The monoisotopic (exact) mass is 383 g/mol. The van der Waals surface area contributed by atoms with Crippen LogP contribution in [0, 0.1) is 0 Å². The van der Waals surface area contributed by atoms with Crippen LogP contribution in [0.4, 0.5) is 0 Å². The fourth-order valence-corrected chi connectivity index (χ4v) is 2.27. The molecular weight excluding hydrogens is 356 g/mol. The normalized spacial score (nSPS) is 15.8. The third-order valence-electron chi connectivity index (χ3n) is 2.84. The Bertz CT molecular complexity index is 255. The molecule has 5 nitrogen and oxygen atoms in total. The predicted octanol–water partition coefficient (Wildman–Crippen LogP) is 0.663. The lowest BCUT2D eigenvalue weighted by atomic mass is 9.93. The summed E-state index contributed by atoms with van der Waals surface area (Å²) in [5.41, 5.74) is 11.3. The molecule has 4 N–H and O–H groups in total. The highest BCUT2D eigenvalue weighted by atomic mass is 127. The molecular formula is C12H27BIN3O2. The van der Waals surface area contributed by atoms with Gasteiger partial charge in [-0.05, 0) is 42.5 Å². The minimum absolute atomic E-state index is 0.354. The van der Waals surface area contributed by atoms with E-state index in [1.54, 1.807) is 7.05 Å². The number of carbonyl (C=O) groups is 1. The standard InChI is InChI=1S/C12H27BIN3O2/c1-3-4-5-6-7-8-12(13,14)19-11(18)10(15)9-17-16-2/h10,16-17H,3-9,13,15H2,1-2H3. The fraction of sp³-hybridized carbons (Fsp3) is 0.917. The van der Waals surface area contributed by atoms with E-state index < -0.39 is 9.55 Å². The van der Waals surface area contributed by atoms with Crippen molar-refractivity contribution in [1.29, 1.82) is 0 Å². The van der Waals surface area contributed by atoms with Crippen molar-refractivity contribution in [2.24, 2.45) is 5.73 Å². The van der Waals surface area contributed by atoms with E-state index in [0.717, 1.165) is 12.8 Å². The first-order valence-corrected chi connectivity index (χ1v) is 8.07. The van der Waals surface area contributed by atoms with Crippen LogP contribution in [-0.4, -0.2) is 37.0 Å². The maximum absolute atomic E-state index is 11.8. The van der Waals surface area contributed by atoms with E-state index in [2.05, 4.69) is 40.4 Å². The van der Waals surface area contributed by atoms with E-state index >= 15 is 0 Å². The lowest BCUT2D eigenvalue weighted by molar-refractivity contribution is -0.148. The van der Waals surface area contributed by atoms with Gasteiger partial charge in [-0.15, -0.1) is 0 Å². The lowest BCUT2D eigenvalue weighted by Gasteiger charge is -2.25. The largest absolute Gasteiger partial charge is 0.457 e. The van der Waals surface area contributed by atoms with Crippen LogP contribution in [0.2, 0.25) is 0 Å². The third kappa shape index (κ3) is 10.6. The highest BCUT2D eigenvalue weighted by Crippen LogP contribution is 2.24. The van der Waals surface area contributed by atoms with Gasteiger partial charge >= 0.3 is 5.97 Å². The topological polar surface area (TPSA) is 76.4 Å². The van der Waals surface area contributed by atoms with Crippen LogP contribution in [0.1, 0.15) is 45.4 Å². The van der Waals surface area contributed by atoms with Crippen LogP contribution in [-0.2, 0) is 9.53 Å². The molecule has 2 atom stereocenters. The minimum atomic E-state index is -0.637. The summed E-state index contributed by atoms with van der Waals surface area (Å²) in [6.07, 6.45) is 6.91. The van der Waals surface area contributed by atoms with Crippen LogP contribution >= 0.6 is 22.6 Å². The van der Waals surface area contributed by atoms with Gasteiger partial charge in [0.1, 0.15) is 9.55 Å². The van der Waals surface area contributed by atoms with Gasteiger partial charge in [-0.3, -0.25) is 15.6 Å². The molecule has 2 unspecified atom stereocenters. The molecule has 7 heteroatoms. The SMILES string of the molecule is BC(I)(CCCCCCC)OC(=O)C(N)CNNC. The quantitative estimate of drug-likeness (QED) is 0.122. The second kappa shape index (κ2) is 10.9. The molecule has 0 saturated heterocycles. The summed E-state index contributed by atoms with van der Waals surface area (Å²) >= 11 is 2.19.